The van der Waals surface area contributed by atoms with Crippen LogP contribution in [0.5, 0.6) is 0 Å². The van der Waals surface area contributed by atoms with Crippen LogP contribution in [-0.2, 0) is 9.53 Å². The van der Waals surface area contributed by atoms with Crippen molar-refractivity contribution in [2.75, 3.05) is 18.6 Å². The minimum Gasteiger partial charge on any atom is -0.468 e. The smallest absolute Gasteiger partial charge is 0.323 e. The van der Waals surface area contributed by atoms with E-state index in [1.807, 2.05) is 13.8 Å². The first-order valence-corrected chi connectivity index (χ1v) is 5.28. The molecule has 76 valence electrons. The van der Waals surface area contributed by atoms with Crippen molar-refractivity contribution in [1.82, 2.24) is 0 Å². The summed E-state index contributed by atoms with van der Waals surface area (Å²) in [5, 5.41) is 0. The van der Waals surface area contributed by atoms with Gasteiger partial charge in [0.25, 0.3) is 0 Å². The molecule has 0 aliphatic rings. The molecular weight excluding hydrogens is 186 g/mol. The van der Waals surface area contributed by atoms with Crippen LogP contribution in [-0.4, -0.2) is 30.6 Å². The van der Waals surface area contributed by atoms with E-state index in [-0.39, 0.29) is 5.97 Å². The van der Waals surface area contributed by atoms with E-state index in [4.69, 9.17) is 5.73 Å². The Labute approximate surface area is 83.7 Å². The highest BCUT2D eigenvalue weighted by atomic mass is 32.2. The molecular formula is C9H17NO2S. The second-order valence-electron chi connectivity index (χ2n) is 2.95. The lowest BCUT2D eigenvalue weighted by Gasteiger charge is -2.07. The Bertz CT molecular complexity index is 188. The van der Waals surface area contributed by atoms with Gasteiger partial charge in [-0.3, -0.25) is 4.79 Å². The number of carbonyl (C=O) groups is 1. The van der Waals surface area contributed by atoms with Crippen LogP contribution in [0.3, 0.4) is 0 Å². The topological polar surface area (TPSA) is 52.3 Å². The lowest BCUT2D eigenvalue weighted by Crippen LogP contribution is -2.33. The van der Waals surface area contributed by atoms with Crippen molar-refractivity contribution in [3.63, 3.8) is 0 Å². The van der Waals surface area contributed by atoms with Crippen molar-refractivity contribution in [1.29, 1.82) is 0 Å². The summed E-state index contributed by atoms with van der Waals surface area (Å²) >= 11 is 1.63. The number of thioether (sulfide) groups is 1. The van der Waals surface area contributed by atoms with Crippen molar-refractivity contribution in [3.05, 3.63) is 11.6 Å². The van der Waals surface area contributed by atoms with Gasteiger partial charge in [0.05, 0.1) is 7.11 Å². The number of allylic oxidation sites excluding steroid dienone is 1. The van der Waals surface area contributed by atoms with E-state index in [0.29, 0.717) is 5.75 Å². The van der Waals surface area contributed by atoms with Gasteiger partial charge in [-0.15, -0.1) is 0 Å². The normalized spacial score (nSPS) is 12.0. The molecule has 3 nitrogen and oxygen atoms in total. The summed E-state index contributed by atoms with van der Waals surface area (Å²) in [6, 6.07) is -0.499. The molecule has 0 radical (unpaired) electrons. The van der Waals surface area contributed by atoms with Crippen LogP contribution < -0.4 is 5.73 Å². The van der Waals surface area contributed by atoms with Crippen molar-refractivity contribution >= 4 is 17.7 Å². The van der Waals surface area contributed by atoms with Crippen molar-refractivity contribution in [3.8, 4) is 0 Å². The molecule has 13 heavy (non-hydrogen) atoms. The van der Waals surface area contributed by atoms with Gasteiger partial charge in [-0.25, -0.2) is 0 Å². The number of carbonyl (C=O) groups excluding carboxylic acids is 1. The van der Waals surface area contributed by atoms with E-state index in [2.05, 4.69) is 10.8 Å². The summed E-state index contributed by atoms with van der Waals surface area (Å²) in [6.45, 7) is 4.08. The van der Waals surface area contributed by atoms with E-state index < -0.39 is 6.04 Å². The van der Waals surface area contributed by atoms with Crippen LogP contribution in [0.15, 0.2) is 11.6 Å². The Morgan fingerprint density at radius 2 is 2.23 bits per heavy atom. The van der Waals surface area contributed by atoms with Gasteiger partial charge in [0.15, 0.2) is 0 Å². The number of ether oxygens (including phenoxy) is 1. The van der Waals surface area contributed by atoms with Crippen molar-refractivity contribution < 1.29 is 9.53 Å². The van der Waals surface area contributed by atoms with Gasteiger partial charge in [0, 0.05) is 11.5 Å². The summed E-state index contributed by atoms with van der Waals surface area (Å²) < 4.78 is 4.50. The third kappa shape index (κ3) is 6.66. The molecule has 0 aliphatic carbocycles. The number of esters is 1. The zero-order valence-corrected chi connectivity index (χ0v) is 9.19. The Morgan fingerprint density at radius 1 is 1.62 bits per heavy atom. The van der Waals surface area contributed by atoms with Gasteiger partial charge in [-0.05, 0) is 13.8 Å². The predicted molar refractivity (Wildman–Crippen MR) is 56.7 cm³/mol. The molecule has 0 spiro atoms. The van der Waals surface area contributed by atoms with Gasteiger partial charge < -0.3 is 10.5 Å². The molecule has 0 amide bonds. The standard InChI is InChI=1S/C9H17NO2S/c1-7(2)4-5-13-6-8(10)9(11)12-3/h4,8H,5-6,10H2,1-3H3/t8-/m0/s1. The van der Waals surface area contributed by atoms with Crippen LogP contribution in [0.25, 0.3) is 0 Å². The van der Waals surface area contributed by atoms with E-state index in [0.717, 1.165) is 5.75 Å². The molecule has 2 N–H and O–H groups in total. The summed E-state index contributed by atoms with van der Waals surface area (Å²) in [7, 11) is 1.35. The van der Waals surface area contributed by atoms with Crippen LogP contribution in [0, 0.1) is 0 Å². The fraction of sp³-hybridized carbons (Fsp3) is 0.667. The number of rotatable bonds is 5. The monoisotopic (exact) mass is 203 g/mol. The average molecular weight is 203 g/mol. The molecule has 0 aliphatic heterocycles. The largest absolute Gasteiger partial charge is 0.468 e. The number of methoxy groups -OCH3 is 1. The molecule has 0 saturated heterocycles. The molecule has 0 unspecified atom stereocenters. The lowest BCUT2D eigenvalue weighted by atomic mass is 10.3. The molecule has 0 heterocycles. The summed E-state index contributed by atoms with van der Waals surface area (Å²) in [4.78, 5) is 10.9. The molecule has 4 heteroatoms. The highest BCUT2D eigenvalue weighted by Crippen LogP contribution is 2.04. The summed E-state index contributed by atoms with van der Waals surface area (Å²) in [5.41, 5.74) is 6.81. The zero-order chi connectivity index (χ0) is 10.3. The van der Waals surface area contributed by atoms with Crippen LogP contribution in [0.2, 0.25) is 0 Å². The third-order valence-corrected chi connectivity index (χ3v) is 2.41. The molecule has 0 saturated carbocycles. The molecule has 1 atom stereocenters. The van der Waals surface area contributed by atoms with Gasteiger partial charge in [-0.2, -0.15) is 11.8 Å². The zero-order valence-electron chi connectivity index (χ0n) is 8.37. The first-order chi connectivity index (χ1) is 6.07. The number of hydrogen-bond acceptors (Lipinski definition) is 4. The second-order valence-corrected chi connectivity index (χ2v) is 4.02. The van der Waals surface area contributed by atoms with Crippen LogP contribution in [0.1, 0.15) is 13.8 Å². The Morgan fingerprint density at radius 3 is 2.69 bits per heavy atom. The second kappa shape index (κ2) is 6.97. The van der Waals surface area contributed by atoms with Gasteiger partial charge in [0.2, 0.25) is 0 Å². The lowest BCUT2D eigenvalue weighted by molar-refractivity contribution is -0.141. The molecule has 0 aromatic heterocycles. The number of hydrogen-bond donors (Lipinski definition) is 1. The number of nitrogens with two attached hydrogens (primary N) is 1. The maximum Gasteiger partial charge on any atom is 0.323 e. The van der Waals surface area contributed by atoms with Crippen molar-refractivity contribution in [2.45, 2.75) is 19.9 Å². The fourth-order valence-electron chi connectivity index (χ4n) is 0.640. The highest BCUT2D eigenvalue weighted by Gasteiger charge is 2.12. The Kier molecular flexibility index (Phi) is 6.72. The minimum absolute atomic E-state index is 0.343. The molecule has 0 bridgehead atoms. The fourth-order valence-corrected chi connectivity index (χ4v) is 1.62. The van der Waals surface area contributed by atoms with Gasteiger partial charge >= 0.3 is 5.97 Å². The van der Waals surface area contributed by atoms with E-state index in [1.165, 1.54) is 12.7 Å². The Hall–Kier alpha value is -0.480. The van der Waals surface area contributed by atoms with Crippen LogP contribution in [0.4, 0.5) is 0 Å². The molecule has 0 aromatic rings. The summed E-state index contributed by atoms with van der Waals surface area (Å²) in [6.07, 6.45) is 2.11. The summed E-state index contributed by atoms with van der Waals surface area (Å²) in [5.74, 6) is 1.16. The van der Waals surface area contributed by atoms with Crippen LogP contribution >= 0.6 is 11.8 Å². The minimum atomic E-state index is -0.499. The molecule has 0 fully saturated rings. The quantitative estimate of drug-likeness (QED) is 0.414. The SMILES string of the molecule is COC(=O)[C@@H](N)CSCC=C(C)C. The molecule has 0 rings (SSSR count). The van der Waals surface area contributed by atoms with Gasteiger partial charge in [0.1, 0.15) is 6.04 Å². The average Bonchev–Trinajstić information content (AvgIpc) is 2.10. The first kappa shape index (κ1) is 12.5. The molecule has 0 aromatic carbocycles. The third-order valence-electron chi connectivity index (χ3n) is 1.41. The Balaban J connectivity index is 3.53. The highest BCUT2D eigenvalue weighted by molar-refractivity contribution is 7.99. The van der Waals surface area contributed by atoms with E-state index >= 15 is 0 Å². The first-order valence-electron chi connectivity index (χ1n) is 4.12. The predicted octanol–water partition coefficient (Wildman–Crippen LogP) is 1.19. The van der Waals surface area contributed by atoms with Gasteiger partial charge in [-0.1, -0.05) is 11.6 Å². The maximum absolute atomic E-state index is 10.9. The maximum atomic E-state index is 10.9. The van der Waals surface area contributed by atoms with E-state index in [9.17, 15) is 4.79 Å². The van der Waals surface area contributed by atoms with E-state index in [1.54, 1.807) is 11.8 Å². The van der Waals surface area contributed by atoms with Crippen molar-refractivity contribution in [2.24, 2.45) is 5.73 Å².